The van der Waals surface area contributed by atoms with Crippen LogP contribution in [0.1, 0.15) is 17.5 Å². The Kier molecular flexibility index (Phi) is 5.82. The van der Waals surface area contributed by atoms with Gasteiger partial charge in [0.15, 0.2) is 5.13 Å². The highest BCUT2D eigenvalue weighted by atomic mass is 32.2. The summed E-state index contributed by atoms with van der Waals surface area (Å²) in [6.07, 6.45) is 7.05. The largest absolute Gasteiger partial charge is 0.506 e. The molecule has 0 aliphatic rings. The lowest BCUT2D eigenvalue weighted by Gasteiger charge is -2.06. The van der Waals surface area contributed by atoms with Gasteiger partial charge in [-0.25, -0.2) is 4.98 Å². The summed E-state index contributed by atoms with van der Waals surface area (Å²) >= 11 is 3.05. The van der Waals surface area contributed by atoms with Crippen molar-refractivity contribution in [3.63, 3.8) is 0 Å². The van der Waals surface area contributed by atoms with Crippen LogP contribution in [-0.2, 0) is 17.6 Å². The van der Waals surface area contributed by atoms with E-state index in [1.54, 1.807) is 17.8 Å². The van der Waals surface area contributed by atoms with Gasteiger partial charge in [0.2, 0.25) is 5.78 Å². The number of thioether (sulfide) groups is 1. The number of aromatic hydroxyl groups is 1. The van der Waals surface area contributed by atoms with Gasteiger partial charge in [-0.3, -0.25) is 4.79 Å². The summed E-state index contributed by atoms with van der Waals surface area (Å²) in [5.74, 6) is 3.03. The monoisotopic (exact) mass is 382 g/mol. The van der Waals surface area contributed by atoms with Crippen molar-refractivity contribution in [1.82, 2.24) is 4.98 Å². The first-order chi connectivity index (χ1) is 12.5. The highest BCUT2D eigenvalue weighted by Crippen LogP contribution is 2.35. The normalized spacial score (nSPS) is 10.7. The van der Waals surface area contributed by atoms with Crippen LogP contribution >= 0.6 is 23.1 Å². The molecule has 132 valence electrons. The van der Waals surface area contributed by atoms with E-state index in [2.05, 4.69) is 23.0 Å². The van der Waals surface area contributed by atoms with Crippen LogP contribution in [0, 0.1) is 12.3 Å². The lowest BCUT2D eigenvalue weighted by atomic mass is 10.0. The fraction of sp³-hybridized carbons (Fsp3) is 0.200. The summed E-state index contributed by atoms with van der Waals surface area (Å²) in [6.45, 7) is 0. The van der Waals surface area contributed by atoms with Crippen molar-refractivity contribution < 1.29 is 9.90 Å². The first-order valence-corrected chi connectivity index (χ1v) is 9.94. The lowest BCUT2D eigenvalue weighted by molar-refractivity contribution is -0.113. The molecule has 3 aromatic rings. The van der Waals surface area contributed by atoms with E-state index in [9.17, 15) is 9.90 Å². The molecule has 3 N–H and O–H groups in total. The van der Waals surface area contributed by atoms with Crippen LogP contribution < -0.4 is 5.73 Å². The Hall–Kier alpha value is -2.49. The van der Waals surface area contributed by atoms with Gasteiger partial charge < -0.3 is 10.8 Å². The molecule has 0 aliphatic heterocycles. The molecule has 4 nitrogen and oxygen atoms in total. The number of anilines is 1. The molecule has 0 spiro atoms. The third kappa shape index (κ3) is 4.57. The first kappa shape index (κ1) is 18.3. The highest BCUT2D eigenvalue weighted by Gasteiger charge is 2.09. The van der Waals surface area contributed by atoms with Gasteiger partial charge in [-0.05, 0) is 42.0 Å². The van der Waals surface area contributed by atoms with Crippen LogP contribution in [0.15, 0.2) is 41.3 Å². The molecule has 0 radical (unpaired) electrons. The second-order valence-corrected chi connectivity index (χ2v) is 8.06. The summed E-state index contributed by atoms with van der Waals surface area (Å²) in [5.41, 5.74) is 8.61. The summed E-state index contributed by atoms with van der Waals surface area (Å²) in [5, 5.41) is 10.5. The standard InChI is InChI=1S/C20H18N2O2S2/c1-2-15(23)7-6-13-4-3-5-14(10-13)8-9-25-16-11-17(24)19-18(12-16)26-20(21)22-19/h1,3-5,10-12,24H,6-9H2,(H2,21,22). The van der Waals surface area contributed by atoms with Crippen LogP contribution in [0.3, 0.4) is 0 Å². The van der Waals surface area contributed by atoms with Gasteiger partial charge in [0, 0.05) is 17.1 Å². The predicted octanol–water partition coefficient (Wildman–Crippen LogP) is 4.05. The molecule has 0 aliphatic carbocycles. The number of aryl methyl sites for hydroxylation is 2. The number of carbonyl (C=O) groups is 1. The number of phenolic OH excluding ortho intramolecular Hbond substituents is 1. The topological polar surface area (TPSA) is 76.2 Å². The van der Waals surface area contributed by atoms with E-state index in [0.29, 0.717) is 23.5 Å². The van der Waals surface area contributed by atoms with Crippen molar-refractivity contribution >= 4 is 44.2 Å². The Morgan fingerprint density at radius 3 is 2.81 bits per heavy atom. The number of phenols is 1. The highest BCUT2D eigenvalue weighted by molar-refractivity contribution is 7.99. The second-order valence-electron chi connectivity index (χ2n) is 5.83. The average molecular weight is 383 g/mol. The number of ketones is 1. The number of rotatable bonds is 7. The van der Waals surface area contributed by atoms with Crippen molar-refractivity contribution in [3.8, 4) is 18.1 Å². The number of thiazole rings is 1. The Labute approximate surface area is 160 Å². The van der Waals surface area contributed by atoms with Gasteiger partial charge in [0.05, 0.1) is 4.70 Å². The summed E-state index contributed by atoms with van der Waals surface area (Å²) in [6, 6.07) is 12.0. The van der Waals surface area contributed by atoms with E-state index >= 15 is 0 Å². The zero-order valence-corrected chi connectivity index (χ0v) is 15.7. The Bertz CT molecular complexity index is 989. The lowest BCUT2D eigenvalue weighted by Crippen LogP contribution is -1.97. The van der Waals surface area contributed by atoms with E-state index < -0.39 is 0 Å². The fourth-order valence-corrected chi connectivity index (χ4v) is 4.48. The number of nitrogens with zero attached hydrogens (tertiary/aromatic N) is 1. The number of benzene rings is 2. The summed E-state index contributed by atoms with van der Waals surface area (Å²) in [7, 11) is 0. The second kappa shape index (κ2) is 8.26. The number of carbonyl (C=O) groups excluding carboxylic acids is 1. The Balaban J connectivity index is 1.59. The number of nitrogens with two attached hydrogens (primary N) is 1. The van der Waals surface area contributed by atoms with Gasteiger partial charge >= 0.3 is 0 Å². The number of hydrogen-bond acceptors (Lipinski definition) is 6. The third-order valence-corrected chi connectivity index (χ3v) is 5.73. The molecular weight excluding hydrogens is 364 g/mol. The van der Waals surface area contributed by atoms with E-state index in [1.807, 2.05) is 18.2 Å². The zero-order valence-electron chi connectivity index (χ0n) is 14.1. The van der Waals surface area contributed by atoms with Crippen LogP contribution in [0.25, 0.3) is 10.2 Å². The molecule has 0 atom stereocenters. The summed E-state index contributed by atoms with van der Waals surface area (Å²) in [4.78, 5) is 16.4. The SMILES string of the molecule is C#CC(=O)CCc1cccc(CCSc2cc(O)c3nc(N)sc3c2)c1. The molecule has 0 saturated heterocycles. The summed E-state index contributed by atoms with van der Waals surface area (Å²) < 4.78 is 0.894. The minimum atomic E-state index is -0.162. The average Bonchev–Trinajstić information content (AvgIpc) is 3.01. The van der Waals surface area contributed by atoms with Crippen molar-refractivity contribution in [1.29, 1.82) is 0 Å². The molecule has 1 aromatic heterocycles. The number of Topliss-reactive ketones (excluding diaryl/α,β-unsaturated/α-hetero) is 1. The van der Waals surface area contributed by atoms with E-state index in [0.717, 1.165) is 27.3 Å². The minimum absolute atomic E-state index is 0.162. The van der Waals surface area contributed by atoms with Crippen molar-refractivity contribution in [2.45, 2.75) is 24.2 Å². The van der Waals surface area contributed by atoms with Crippen molar-refractivity contribution in [2.75, 3.05) is 11.5 Å². The quantitative estimate of drug-likeness (QED) is 0.366. The molecular formula is C20H18N2O2S2. The predicted molar refractivity (Wildman–Crippen MR) is 109 cm³/mol. The molecule has 0 bridgehead atoms. The Morgan fingerprint density at radius 2 is 2.04 bits per heavy atom. The molecule has 0 saturated carbocycles. The number of terminal acetylenes is 1. The van der Waals surface area contributed by atoms with Crippen LogP contribution in [-0.4, -0.2) is 21.6 Å². The Morgan fingerprint density at radius 1 is 1.27 bits per heavy atom. The molecule has 0 fully saturated rings. The molecule has 1 heterocycles. The molecule has 26 heavy (non-hydrogen) atoms. The molecule has 2 aromatic carbocycles. The van der Waals surface area contributed by atoms with Gasteiger partial charge in [-0.2, -0.15) is 0 Å². The van der Waals surface area contributed by atoms with E-state index in [-0.39, 0.29) is 11.5 Å². The van der Waals surface area contributed by atoms with Crippen molar-refractivity contribution in [3.05, 3.63) is 47.5 Å². The minimum Gasteiger partial charge on any atom is -0.506 e. The van der Waals surface area contributed by atoms with Crippen molar-refractivity contribution in [2.24, 2.45) is 0 Å². The number of aromatic nitrogens is 1. The van der Waals surface area contributed by atoms with Gasteiger partial charge in [-0.15, -0.1) is 18.2 Å². The molecule has 3 rings (SSSR count). The van der Waals surface area contributed by atoms with Crippen LogP contribution in [0.5, 0.6) is 5.75 Å². The van der Waals surface area contributed by atoms with Crippen LogP contribution in [0.2, 0.25) is 0 Å². The smallest absolute Gasteiger partial charge is 0.205 e. The van der Waals surface area contributed by atoms with Crippen LogP contribution in [0.4, 0.5) is 5.13 Å². The number of hydrogen-bond donors (Lipinski definition) is 2. The maximum atomic E-state index is 11.2. The molecule has 0 amide bonds. The first-order valence-electron chi connectivity index (χ1n) is 8.14. The zero-order chi connectivity index (χ0) is 18.5. The number of nitrogen functional groups attached to an aromatic ring is 1. The van der Waals surface area contributed by atoms with Gasteiger partial charge in [-0.1, -0.05) is 35.6 Å². The van der Waals surface area contributed by atoms with Gasteiger partial charge in [0.1, 0.15) is 11.3 Å². The molecule has 6 heteroatoms. The maximum absolute atomic E-state index is 11.2. The third-order valence-electron chi connectivity index (χ3n) is 3.92. The van der Waals surface area contributed by atoms with Gasteiger partial charge in [0.25, 0.3) is 0 Å². The fourth-order valence-electron chi connectivity index (χ4n) is 2.65. The molecule has 0 unspecified atom stereocenters. The van der Waals surface area contributed by atoms with E-state index in [4.69, 9.17) is 12.2 Å². The van der Waals surface area contributed by atoms with E-state index in [1.165, 1.54) is 16.9 Å². The number of fused-ring (bicyclic) bond motifs is 1. The maximum Gasteiger partial charge on any atom is 0.205 e.